The number of carbonyl (C=O) groups is 1. The van der Waals surface area contributed by atoms with E-state index in [9.17, 15) is 9.90 Å². The minimum atomic E-state index is -0.269. The van der Waals surface area contributed by atoms with Crippen LogP contribution in [0.3, 0.4) is 0 Å². The number of phenolic OH excluding ortho intramolecular Hbond substituents is 1. The molecule has 5 nitrogen and oxygen atoms in total. The van der Waals surface area contributed by atoms with Gasteiger partial charge in [-0.25, -0.2) is 0 Å². The van der Waals surface area contributed by atoms with Crippen molar-refractivity contribution in [3.8, 4) is 5.75 Å². The molecule has 17 heavy (non-hydrogen) atoms. The third kappa shape index (κ3) is 2.50. The van der Waals surface area contributed by atoms with Gasteiger partial charge in [0.1, 0.15) is 5.75 Å². The molecule has 1 heterocycles. The number of benzene rings is 1. The predicted octanol–water partition coefficient (Wildman–Crippen LogP) is 0.424. The number of hydrogen-bond donors (Lipinski definition) is 3. The first-order valence-electron chi connectivity index (χ1n) is 5.68. The lowest BCUT2D eigenvalue weighted by atomic mass is 10.1. The van der Waals surface area contributed by atoms with E-state index in [4.69, 9.17) is 11.5 Å². The molecule has 0 bridgehead atoms. The lowest BCUT2D eigenvalue weighted by Crippen LogP contribution is -2.39. The summed E-state index contributed by atoms with van der Waals surface area (Å²) in [5.41, 5.74) is 12.3. The molecular weight excluding hydrogens is 218 g/mol. The summed E-state index contributed by atoms with van der Waals surface area (Å²) < 4.78 is 0. The molecule has 1 aliphatic rings. The Balaban J connectivity index is 2.09. The summed E-state index contributed by atoms with van der Waals surface area (Å²) in [5.74, 6) is -0.184. The molecule has 0 saturated carbocycles. The molecule has 0 spiro atoms. The smallest absolute Gasteiger partial charge is 0.234 e. The molecule has 92 valence electrons. The number of phenols is 1. The number of carbonyl (C=O) groups excluding carboxylic acids is 1. The number of rotatable bonds is 3. The van der Waals surface area contributed by atoms with Gasteiger partial charge in [0.2, 0.25) is 5.91 Å². The summed E-state index contributed by atoms with van der Waals surface area (Å²) in [6.45, 7) is 1.51. The first-order chi connectivity index (χ1) is 8.08. The van der Waals surface area contributed by atoms with Gasteiger partial charge in [-0.3, -0.25) is 9.69 Å². The zero-order valence-electron chi connectivity index (χ0n) is 9.60. The van der Waals surface area contributed by atoms with Crippen molar-refractivity contribution in [2.75, 3.05) is 12.3 Å². The summed E-state index contributed by atoms with van der Waals surface area (Å²) in [7, 11) is 0. The van der Waals surface area contributed by atoms with Crippen LogP contribution in [-0.2, 0) is 11.3 Å². The van der Waals surface area contributed by atoms with Crippen molar-refractivity contribution in [2.45, 2.75) is 25.4 Å². The van der Waals surface area contributed by atoms with Gasteiger partial charge in [-0.1, -0.05) is 6.07 Å². The number of nitrogen functional groups attached to an aromatic ring is 1. The minimum Gasteiger partial charge on any atom is -0.506 e. The van der Waals surface area contributed by atoms with Crippen LogP contribution in [0.5, 0.6) is 5.75 Å². The summed E-state index contributed by atoms with van der Waals surface area (Å²) in [6, 6.07) is 4.93. The fourth-order valence-electron chi connectivity index (χ4n) is 2.27. The van der Waals surface area contributed by atoms with E-state index in [-0.39, 0.29) is 17.7 Å². The maximum Gasteiger partial charge on any atom is 0.234 e. The highest BCUT2D eigenvalue weighted by molar-refractivity contribution is 5.80. The fourth-order valence-corrected chi connectivity index (χ4v) is 2.27. The van der Waals surface area contributed by atoms with Crippen LogP contribution in [0.4, 0.5) is 5.69 Å². The monoisotopic (exact) mass is 235 g/mol. The van der Waals surface area contributed by atoms with Gasteiger partial charge in [0.25, 0.3) is 0 Å². The number of primary amides is 1. The SMILES string of the molecule is NC(=O)C1CCCN1Cc1ccc(O)c(N)c1. The Kier molecular flexibility index (Phi) is 3.19. The van der Waals surface area contributed by atoms with Crippen LogP contribution in [-0.4, -0.2) is 28.5 Å². The zero-order chi connectivity index (χ0) is 12.4. The molecule has 1 unspecified atom stereocenters. The van der Waals surface area contributed by atoms with Crippen LogP contribution in [0.2, 0.25) is 0 Å². The average Bonchev–Trinajstić information content (AvgIpc) is 2.72. The van der Waals surface area contributed by atoms with Crippen molar-refractivity contribution in [3.05, 3.63) is 23.8 Å². The first-order valence-corrected chi connectivity index (χ1v) is 5.68. The first kappa shape index (κ1) is 11.7. The summed E-state index contributed by atoms with van der Waals surface area (Å²) >= 11 is 0. The van der Waals surface area contributed by atoms with Crippen molar-refractivity contribution in [2.24, 2.45) is 5.73 Å². The van der Waals surface area contributed by atoms with Crippen molar-refractivity contribution >= 4 is 11.6 Å². The topological polar surface area (TPSA) is 92.6 Å². The highest BCUT2D eigenvalue weighted by atomic mass is 16.3. The van der Waals surface area contributed by atoms with E-state index in [0.717, 1.165) is 24.9 Å². The highest BCUT2D eigenvalue weighted by Gasteiger charge is 2.28. The largest absolute Gasteiger partial charge is 0.506 e. The van der Waals surface area contributed by atoms with Crippen LogP contribution >= 0.6 is 0 Å². The Labute approximate surface area is 100 Å². The standard InChI is InChI=1S/C12H17N3O2/c13-9-6-8(3-4-11(9)16)7-15-5-1-2-10(15)12(14)17/h3-4,6,10,16H,1-2,5,7,13H2,(H2,14,17). The van der Waals surface area contributed by atoms with Gasteiger partial charge in [-0.15, -0.1) is 0 Å². The summed E-state index contributed by atoms with van der Waals surface area (Å²) in [4.78, 5) is 13.3. The van der Waals surface area contributed by atoms with Gasteiger partial charge in [0.05, 0.1) is 11.7 Å². The maximum atomic E-state index is 11.2. The van der Waals surface area contributed by atoms with E-state index in [0.29, 0.717) is 12.2 Å². The van der Waals surface area contributed by atoms with Crippen LogP contribution < -0.4 is 11.5 Å². The van der Waals surface area contributed by atoms with Gasteiger partial charge in [-0.2, -0.15) is 0 Å². The number of aromatic hydroxyl groups is 1. The second kappa shape index (κ2) is 4.63. The predicted molar refractivity (Wildman–Crippen MR) is 65.1 cm³/mol. The Morgan fingerprint density at radius 1 is 1.53 bits per heavy atom. The van der Waals surface area contributed by atoms with Crippen molar-refractivity contribution in [3.63, 3.8) is 0 Å². The third-order valence-corrected chi connectivity index (χ3v) is 3.17. The quantitative estimate of drug-likeness (QED) is 0.523. The molecule has 5 heteroatoms. The third-order valence-electron chi connectivity index (χ3n) is 3.17. The molecular formula is C12H17N3O2. The van der Waals surface area contributed by atoms with Gasteiger partial charge in [0.15, 0.2) is 0 Å². The second-order valence-electron chi connectivity index (χ2n) is 4.42. The van der Waals surface area contributed by atoms with Crippen LogP contribution in [0, 0.1) is 0 Å². The lowest BCUT2D eigenvalue weighted by molar-refractivity contribution is -0.122. The molecule has 0 radical (unpaired) electrons. The van der Waals surface area contributed by atoms with Gasteiger partial charge < -0.3 is 16.6 Å². The number of likely N-dealkylation sites (tertiary alicyclic amines) is 1. The van der Waals surface area contributed by atoms with E-state index in [1.807, 2.05) is 11.0 Å². The second-order valence-corrected chi connectivity index (χ2v) is 4.42. The number of nitrogens with zero attached hydrogens (tertiary/aromatic N) is 1. The highest BCUT2D eigenvalue weighted by Crippen LogP contribution is 2.24. The fraction of sp³-hybridized carbons (Fsp3) is 0.417. The Morgan fingerprint density at radius 2 is 2.29 bits per heavy atom. The molecule has 2 rings (SSSR count). The molecule has 0 aliphatic carbocycles. The molecule has 1 amide bonds. The molecule has 1 saturated heterocycles. The van der Waals surface area contributed by atoms with Crippen LogP contribution in [0.1, 0.15) is 18.4 Å². The Bertz CT molecular complexity index is 434. The molecule has 1 fully saturated rings. The molecule has 0 aromatic heterocycles. The molecule has 1 aromatic rings. The van der Waals surface area contributed by atoms with Crippen LogP contribution in [0.15, 0.2) is 18.2 Å². The molecule has 1 aliphatic heterocycles. The van der Waals surface area contributed by atoms with E-state index >= 15 is 0 Å². The van der Waals surface area contributed by atoms with Gasteiger partial charge in [0, 0.05) is 6.54 Å². The zero-order valence-corrected chi connectivity index (χ0v) is 9.60. The maximum absolute atomic E-state index is 11.2. The van der Waals surface area contributed by atoms with Crippen molar-refractivity contribution in [1.29, 1.82) is 0 Å². The van der Waals surface area contributed by atoms with E-state index < -0.39 is 0 Å². The Hall–Kier alpha value is -1.75. The lowest BCUT2D eigenvalue weighted by Gasteiger charge is -2.21. The number of anilines is 1. The number of amides is 1. The van der Waals surface area contributed by atoms with Crippen molar-refractivity contribution in [1.82, 2.24) is 4.90 Å². The van der Waals surface area contributed by atoms with E-state index in [2.05, 4.69) is 0 Å². The summed E-state index contributed by atoms with van der Waals surface area (Å²) in [5, 5.41) is 9.33. The van der Waals surface area contributed by atoms with Gasteiger partial charge in [-0.05, 0) is 37.1 Å². The van der Waals surface area contributed by atoms with Crippen molar-refractivity contribution < 1.29 is 9.90 Å². The molecule has 1 atom stereocenters. The molecule has 1 aromatic carbocycles. The minimum absolute atomic E-state index is 0.0848. The van der Waals surface area contributed by atoms with E-state index in [1.165, 1.54) is 0 Å². The normalized spacial score (nSPS) is 20.6. The van der Waals surface area contributed by atoms with Crippen LogP contribution in [0.25, 0.3) is 0 Å². The van der Waals surface area contributed by atoms with E-state index in [1.54, 1.807) is 12.1 Å². The number of nitrogens with two attached hydrogens (primary N) is 2. The Morgan fingerprint density at radius 3 is 2.94 bits per heavy atom. The van der Waals surface area contributed by atoms with Gasteiger partial charge >= 0.3 is 0 Å². The molecule has 5 N–H and O–H groups in total. The number of hydrogen-bond acceptors (Lipinski definition) is 4. The summed E-state index contributed by atoms with van der Waals surface area (Å²) in [6.07, 6.45) is 1.81. The average molecular weight is 235 g/mol.